The number of para-hydroxylation sites is 2. The molecule has 5 nitrogen and oxygen atoms in total. The van der Waals surface area contributed by atoms with E-state index in [1.807, 2.05) is 0 Å². The number of amides is 1. The van der Waals surface area contributed by atoms with Crippen LogP contribution in [0.3, 0.4) is 0 Å². The molecule has 0 radical (unpaired) electrons. The van der Waals surface area contributed by atoms with Crippen LogP contribution >= 0.6 is 0 Å². The summed E-state index contributed by atoms with van der Waals surface area (Å²) in [5, 5.41) is 2.51. The van der Waals surface area contributed by atoms with Crippen LogP contribution in [-0.2, 0) is 9.53 Å². The molecule has 3 N–H and O–H groups in total. The number of benzene rings is 1. The van der Waals surface area contributed by atoms with Gasteiger partial charge < -0.3 is 20.5 Å². The summed E-state index contributed by atoms with van der Waals surface area (Å²) in [6.45, 7) is -0.678. The van der Waals surface area contributed by atoms with Gasteiger partial charge in [0.1, 0.15) is 18.4 Å². The van der Waals surface area contributed by atoms with Crippen LogP contribution in [0.15, 0.2) is 24.3 Å². The first-order valence-corrected chi connectivity index (χ1v) is 5.60. The van der Waals surface area contributed by atoms with Gasteiger partial charge in [-0.15, -0.1) is 0 Å². The molecule has 0 heterocycles. The number of nitrogens with one attached hydrogen (secondary N) is 1. The second-order valence-corrected chi connectivity index (χ2v) is 3.75. The number of methoxy groups -OCH3 is 1. The van der Waals surface area contributed by atoms with E-state index in [4.69, 9.17) is 15.2 Å². The average Bonchev–Trinajstić information content (AvgIpc) is 2.37. The van der Waals surface area contributed by atoms with E-state index in [-0.39, 0.29) is 12.4 Å². The van der Waals surface area contributed by atoms with Gasteiger partial charge in [0.25, 0.3) is 6.43 Å². The molecular formula is C12H16F2N2O3. The number of rotatable bonds is 7. The van der Waals surface area contributed by atoms with E-state index >= 15 is 0 Å². The maximum Gasteiger partial charge on any atom is 0.272 e. The van der Waals surface area contributed by atoms with Gasteiger partial charge in [0.15, 0.2) is 0 Å². The van der Waals surface area contributed by atoms with Crippen LogP contribution < -0.4 is 15.8 Å². The van der Waals surface area contributed by atoms with Crippen molar-refractivity contribution in [3.8, 4) is 5.75 Å². The highest BCUT2D eigenvalue weighted by atomic mass is 19.3. The van der Waals surface area contributed by atoms with Gasteiger partial charge >= 0.3 is 0 Å². The van der Waals surface area contributed by atoms with Gasteiger partial charge in [-0.1, -0.05) is 12.1 Å². The zero-order chi connectivity index (χ0) is 14.3. The summed E-state index contributed by atoms with van der Waals surface area (Å²) in [4.78, 5) is 11.7. The molecule has 1 rings (SSSR count). The minimum absolute atomic E-state index is 0.0614. The number of anilines is 1. The van der Waals surface area contributed by atoms with Crippen LogP contribution in [0.1, 0.15) is 0 Å². The van der Waals surface area contributed by atoms with Gasteiger partial charge in [-0.2, -0.15) is 0 Å². The SMILES string of the molecule is COCC(N)C(=O)Nc1ccccc1OCC(F)F. The fourth-order valence-electron chi connectivity index (χ4n) is 1.33. The Morgan fingerprint density at radius 3 is 2.68 bits per heavy atom. The molecule has 1 atom stereocenters. The molecule has 1 amide bonds. The third-order valence-electron chi connectivity index (χ3n) is 2.19. The van der Waals surface area contributed by atoms with E-state index in [1.165, 1.54) is 19.2 Å². The highest BCUT2D eigenvalue weighted by Crippen LogP contribution is 2.24. The number of hydrogen-bond acceptors (Lipinski definition) is 4. The molecule has 1 aromatic carbocycles. The third-order valence-corrected chi connectivity index (χ3v) is 2.19. The minimum atomic E-state index is -2.58. The Balaban J connectivity index is 2.69. The van der Waals surface area contributed by atoms with Crippen LogP contribution in [0.25, 0.3) is 0 Å². The Hall–Kier alpha value is -1.73. The zero-order valence-corrected chi connectivity index (χ0v) is 10.4. The molecule has 0 saturated carbocycles. The van der Waals surface area contributed by atoms with Crippen molar-refractivity contribution in [1.82, 2.24) is 0 Å². The molecule has 106 valence electrons. The van der Waals surface area contributed by atoms with Crippen LogP contribution in [0.5, 0.6) is 5.75 Å². The molecular weight excluding hydrogens is 258 g/mol. The molecule has 7 heteroatoms. The molecule has 0 aromatic heterocycles. The molecule has 1 aromatic rings. The van der Waals surface area contributed by atoms with Crippen molar-refractivity contribution in [2.75, 3.05) is 25.6 Å². The maximum absolute atomic E-state index is 12.1. The Morgan fingerprint density at radius 1 is 1.37 bits per heavy atom. The lowest BCUT2D eigenvalue weighted by atomic mass is 10.2. The third kappa shape index (κ3) is 5.19. The van der Waals surface area contributed by atoms with Gasteiger partial charge in [0.2, 0.25) is 5.91 Å². The summed E-state index contributed by atoms with van der Waals surface area (Å²) < 4.78 is 33.8. The van der Waals surface area contributed by atoms with Crippen LogP contribution in [0, 0.1) is 0 Å². The van der Waals surface area contributed by atoms with Crippen molar-refractivity contribution in [3.05, 3.63) is 24.3 Å². The highest BCUT2D eigenvalue weighted by Gasteiger charge is 2.15. The monoisotopic (exact) mass is 274 g/mol. The highest BCUT2D eigenvalue weighted by molar-refractivity contribution is 5.96. The normalized spacial score (nSPS) is 12.3. The lowest BCUT2D eigenvalue weighted by Crippen LogP contribution is -2.39. The summed E-state index contributed by atoms with van der Waals surface area (Å²) in [5.41, 5.74) is 5.84. The first-order valence-electron chi connectivity index (χ1n) is 5.60. The van der Waals surface area contributed by atoms with Gasteiger partial charge in [0, 0.05) is 7.11 Å². The number of halogens is 2. The lowest BCUT2D eigenvalue weighted by molar-refractivity contribution is -0.118. The predicted octanol–water partition coefficient (Wildman–Crippen LogP) is 1.24. The Morgan fingerprint density at radius 2 is 2.05 bits per heavy atom. The minimum Gasteiger partial charge on any atom is -0.485 e. The van der Waals surface area contributed by atoms with Crippen molar-refractivity contribution in [1.29, 1.82) is 0 Å². The first-order chi connectivity index (χ1) is 9.04. The summed E-state index contributed by atoms with van der Waals surface area (Å²) in [7, 11) is 1.42. The van der Waals surface area contributed by atoms with Gasteiger partial charge in [0.05, 0.1) is 12.3 Å². The van der Waals surface area contributed by atoms with Crippen LogP contribution in [-0.4, -0.2) is 38.7 Å². The number of alkyl halides is 2. The van der Waals surface area contributed by atoms with E-state index in [2.05, 4.69) is 5.32 Å². The van der Waals surface area contributed by atoms with Crippen molar-refractivity contribution in [2.24, 2.45) is 5.73 Å². The Labute approximate surface area is 109 Å². The molecule has 0 fully saturated rings. The summed E-state index contributed by atoms with van der Waals surface area (Å²) >= 11 is 0. The number of carbonyl (C=O) groups excluding carboxylic acids is 1. The Kier molecular flexibility index (Phi) is 6.17. The molecule has 19 heavy (non-hydrogen) atoms. The van der Waals surface area contributed by atoms with Gasteiger partial charge in [-0.3, -0.25) is 4.79 Å². The fraction of sp³-hybridized carbons (Fsp3) is 0.417. The number of ether oxygens (including phenoxy) is 2. The van der Waals surface area contributed by atoms with E-state index in [0.29, 0.717) is 5.69 Å². The molecule has 0 aliphatic rings. The van der Waals surface area contributed by atoms with Gasteiger partial charge in [-0.25, -0.2) is 8.78 Å². The van der Waals surface area contributed by atoms with Crippen molar-refractivity contribution in [2.45, 2.75) is 12.5 Å². The van der Waals surface area contributed by atoms with Crippen molar-refractivity contribution >= 4 is 11.6 Å². The van der Waals surface area contributed by atoms with Crippen LogP contribution in [0.4, 0.5) is 14.5 Å². The predicted molar refractivity (Wildman–Crippen MR) is 66.4 cm³/mol. The fourth-order valence-corrected chi connectivity index (χ4v) is 1.33. The summed E-state index contributed by atoms with van der Waals surface area (Å²) in [5.74, 6) is -0.310. The smallest absolute Gasteiger partial charge is 0.272 e. The summed E-state index contributed by atoms with van der Waals surface area (Å²) in [6.07, 6.45) is -2.58. The van der Waals surface area contributed by atoms with Crippen LogP contribution in [0.2, 0.25) is 0 Å². The molecule has 0 aliphatic heterocycles. The quantitative estimate of drug-likeness (QED) is 0.784. The first kappa shape index (κ1) is 15.3. The standard InChI is InChI=1S/C12H16F2N2O3/c1-18-6-8(15)12(17)16-9-4-2-3-5-10(9)19-7-11(13)14/h2-5,8,11H,6-7,15H2,1H3,(H,16,17). The largest absolute Gasteiger partial charge is 0.485 e. The topological polar surface area (TPSA) is 73.6 Å². The molecule has 0 aliphatic carbocycles. The average molecular weight is 274 g/mol. The van der Waals surface area contributed by atoms with E-state index in [9.17, 15) is 13.6 Å². The second-order valence-electron chi connectivity index (χ2n) is 3.75. The number of carbonyl (C=O) groups is 1. The molecule has 0 saturated heterocycles. The summed E-state index contributed by atoms with van der Waals surface area (Å²) in [6, 6.07) is 5.45. The zero-order valence-electron chi connectivity index (χ0n) is 10.4. The molecule has 0 bridgehead atoms. The lowest BCUT2D eigenvalue weighted by Gasteiger charge is -2.14. The van der Waals surface area contributed by atoms with E-state index in [1.54, 1.807) is 12.1 Å². The second kappa shape index (κ2) is 7.65. The Bertz CT molecular complexity index is 416. The van der Waals surface area contributed by atoms with Crippen molar-refractivity contribution < 1.29 is 23.0 Å². The maximum atomic E-state index is 12.1. The van der Waals surface area contributed by atoms with E-state index in [0.717, 1.165) is 0 Å². The molecule has 1 unspecified atom stereocenters. The van der Waals surface area contributed by atoms with E-state index < -0.39 is 25.0 Å². The van der Waals surface area contributed by atoms with Gasteiger partial charge in [-0.05, 0) is 12.1 Å². The van der Waals surface area contributed by atoms with Crippen molar-refractivity contribution in [3.63, 3.8) is 0 Å². The molecule has 0 spiro atoms. The number of hydrogen-bond donors (Lipinski definition) is 2. The number of nitrogens with two attached hydrogens (primary N) is 1.